The summed E-state index contributed by atoms with van der Waals surface area (Å²) < 4.78 is 12.6. The third-order valence-corrected chi connectivity index (χ3v) is 7.30. The number of carbonyl (C=O) groups is 1. The number of hydrogen-bond donors (Lipinski definition) is 0. The molecule has 0 fully saturated rings. The molecule has 0 radical (unpaired) electrons. The van der Waals surface area contributed by atoms with Gasteiger partial charge in [0.15, 0.2) is 5.76 Å². The molecule has 0 bridgehead atoms. The normalized spacial score (nSPS) is 16.2. The van der Waals surface area contributed by atoms with E-state index in [-0.39, 0.29) is 17.7 Å². The van der Waals surface area contributed by atoms with Gasteiger partial charge < -0.3 is 8.83 Å². The van der Waals surface area contributed by atoms with E-state index in [0.717, 1.165) is 31.9 Å². The van der Waals surface area contributed by atoms with Gasteiger partial charge in [-0.3, -0.25) is 4.79 Å². The molecule has 158 valence electrons. The van der Waals surface area contributed by atoms with Crippen molar-refractivity contribution in [2.75, 3.05) is 5.75 Å². The molecule has 1 aliphatic rings. The molecule has 1 aliphatic heterocycles. The van der Waals surface area contributed by atoms with Crippen LogP contribution < -0.4 is 0 Å². The van der Waals surface area contributed by atoms with Crippen molar-refractivity contribution in [3.05, 3.63) is 78.0 Å². The van der Waals surface area contributed by atoms with Crippen LogP contribution in [0.5, 0.6) is 0 Å². The molecule has 0 N–H and O–H groups in total. The Kier molecular flexibility index (Phi) is 4.77. The smallest absolute Gasteiger partial charge is 0.253 e. The Morgan fingerprint density at radius 2 is 2.12 bits per heavy atom. The highest BCUT2D eigenvalue weighted by molar-refractivity contribution is 8.00. The SMILES string of the molecule is O=C(CSc1ncnc2ccsc12)N1N=C(c2cc3ccccc3o2)C[C@@H]1c1ccco1. The number of hydrogen-bond acceptors (Lipinski definition) is 8. The van der Waals surface area contributed by atoms with Crippen LogP contribution >= 0.6 is 23.1 Å². The molecule has 0 unspecified atom stereocenters. The Bertz CT molecular complexity index is 1420. The van der Waals surface area contributed by atoms with Gasteiger partial charge in [-0.1, -0.05) is 30.0 Å². The maximum absolute atomic E-state index is 13.2. The maximum Gasteiger partial charge on any atom is 0.253 e. The average molecular weight is 461 g/mol. The number of rotatable bonds is 5. The van der Waals surface area contributed by atoms with Crippen molar-refractivity contribution < 1.29 is 13.6 Å². The largest absolute Gasteiger partial charge is 0.467 e. The number of hydrazone groups is 1. The minimum atomic E-state index is -0.312. The van der Waals surface area contributed by atoms with E-state index in [9.17, 15) is 4.79 Å². The summed E-state index contributed by atoms with van der Waals surface area (Å²) in [4.78, 5) is 21.8. The molecule has 1 atom stereocenters. The number of para-hydroxylation sites is 1. The summed E-state index contributed by atoms with van der Waals surface area (Å²) in [6, 6.07) is 15.1. The standard InChI is InChI=1S/C23H16N4O3S2/c28-21(12-32-23-22-15(7-9-31-22)24-13-25-23)27-17(19-6-3-8-29-19)11-16(26-27)20-10-14-4-1-2-5-18(14)30-20/h1-10,13,17H,11-12H2/t17-/m1/s1. The quantitative estimate of drug-likeness (QED) is 0.254. The Morgan fingerprint density at radius 1 is 1.19 bits per heavy atom. The van der Waals surface area contributed by atoms with Gasteiger partial charge in [-0.15, -0.1) is 11.3 Å². The molecule has 4 aromatic heterocycles. The molecule has 5 aromatic rings. The molecule has 5 heterocycles. The molecule has 0 spiro atoms. The van der Waals surface area contributed by atoms with Crippen LogP contribution in [0.3, 0.4) is 0 Å². The van der Waals surface area contributed by atoms with Crippen LogP contribution in [0.1, 0.15) is 24.0 Å². The summed E-state index contributed by atoms with van der Waals surface area (Å²) >= 11 is 2.96. The molecule has 0 aliphatic carbocycles. The number of thioether (sulfide) groups is 1. The number of carbonyl (C=O) groups excluding carboxylic acids is 1. The van der Waals surface area contributed by atoms with Crippen molar-refractivity contribution in [1.82, 2.24) is 15.0 Å². The second-order valence-electron chi connectivity index (χ2n) is 7.27. The first kappa shape index (κ1) is 19.3. The number of nitrogens with zero attached hydrogens (tertiary/aromatic N) is 4. The lowest BCUT2D eigenvalue weighted by Crippen LogP contribution is -2.28. The number of fused-ring (bicyclic) bond motifs is 2. The van der Waals surface area contributed by atoms with E-state index < -0.39 is 0 Å². The lowest BCUT2D eigenvalue weighted by molar-refractivity contribution is -0.130. The molecule has 1 aromatic carbocycles. The summed E-state index contributed by atoms with van der Waals surface area (Å²) in [7, 11) is 0. The topological polar surface area (TPSA) is 84.7 Å². The zero-order chi connectivity index (χ0) is 21.5. The first-order valence-corrected chi connectivity index (χ1v) is 11.9. The number of benzene rings is 1. The molecule has 1 amide bonds. The number of aromatic nitrogens is 2. The van der Waals surface area contributed by atoms with Gasteiger partial charge in [-0.2, -0.15) is 5.10 Å². The minimum absolute atomic E-state index is 0.120. The highest BCUT2D eigenvalue weighted by Crippen LogP contribution is 2.36. The zero-order valence-corrected chi connectivity index (χ0v) is 18.3. The third-order valence-electron chi connectivity index (χ3n) is 5.29. The number of thiophene rings is 1. The lowest BCUT2D eigenvalue weighted by atomic mass is 10.1. The van der Waals surface area contributed by atoms with Gasteiger partial charge in [-0.05, 0) is 35.7 Å². The van der Waals surface area contributed by atoms with Crippen LogP contribution in [0.2, 0.25) is 0 Å². The number of furan rings is 2. The Morgan fingerprint density at radius 3 is 3.00 bits per heavy atom. The zero-order valence-electron chi connectivity index (χ0n) is 16.7. The van der Waals surface area contributed by atoms with Crippen LogP contribution in [0.15, 0.2) is 85.5 Å². The van der Waals surface area contributed by atoms with Crippen molar-refractivity contribution in [2.24, 2.45) is 5.10 Å². The van der Waals surface area contributed by atoms with E-state index in [1.165, 1.54) is 23.1 Å². The van der Waals surface area contributed by atoms with E-state index in [0.29, 0.717) is 17.9 Å². The van der Waals surface area contributed by atoms with E-state index in [4.69, 9.17) is 8.83 Å². The van der Waals surface area contributed by atoms with E-state index in [2.05, 4.69) is 15.1 Å². The molecule has 0 saturated carbocycles. The highest BCUT2D eigenvalue weighted by Gasteiger charge is 2.36. The van der Waals surface area contributed by atoms with E-state index in [1.54, 1.807) is 17.6 Å². The fraction of sp³-hybridized carbons (Fsp3) is 0.130. The first-order valence-electron chi connectivity index (χ1n) is 9.99. The minimum Gasteiger partial charge on any atom is -0.467 e. The predicted molar refractivity (Wildman–Crippen MR) is 124 cm³/mol. The van der Waals surface area contributed by atoms with Gasteiger partial charge in [0, 0.05) is 11.8 Å². The predicted octanol–water partition coefficient (Wildman–Crippen LogP) is 5.50. The molecular formula is C23H16N4O3S2. The second-order valence-corrected chi connectivity index (χ2v) is 9.15. The summed E-state index contributed by atoms with van der Waals surface area (Å²) in [6.07, 6.45) is 3.66. The van der Waals surface area contributed by atoms with Crippen LogP contribution in [-0.2, 0) is 4.79 Å². The highest BCUT2D eigenvalue weighted by atomic mass is 32.2. The molecule has 6 rings (SSSR count). The van der Waals surface area contributed by atoms with Gasteiger partial charge in [-0.25, -0.2) is 15.0 Å². The van der Waals surface area contributed by atoms with Crippen LogP contribution in [0.25, 0.3) is 21.2 Å². The lowest BCUT2D eigenvalue weighted by Gasteiger charge is -2.19. The van der Waals surface area contributed by atoms with E-state index >= 15 is 0 Å². The summed E-state index contributed by atoms with van der Waals surface area (Å²) in [5.74, 6) is 1.45. The van der Waals surface area contributed by atoms with Crippen LogP contribution in [-0.4, -0.2) is 32.3 Å². The maximum atomic E-state index is 13.2. The molecule has 9 heteroatoms. The van der Waals surface area contributed by atoms with Crippen LogP contribution in [0.4, 0.5) is 0 Å². The number of amides is 1. The van der Waals surface area contributed by atoms with Crippen molar-refractivity contribution in [2.45, 2.75) is 17.5 Å². The molecule has 32 heavy (non-hydrogen) atoms. The van der Waals surface area contributed by atoms with Crippen LogP contribution in [0, 0.1) is 0 Å². The summed E-state index contributed by atoms with van der Waals surface area (Å²) in [6.45, 7) is 0. The van der Waals surface area contributed by atoms with Gasteiger partial charge >= 0.3 is 0 Å². The Hall–Kier alpha value is -3.43. The van der Waals surface area contributed by atoms with E-state index in [1.807, 2.05) is 53.9 Å². The van der Waals surface area contributed by atoms with Crippen molar-refractivity contribution in [3.63, 3.8) is 0 Å². The Labute approximate surface area is 190 Å². The van der Waals surface area contributed by atoms with Gasteiger partial charge in [0.05, 0.1) is 22.2 Å². The third kappa shape index (κ3) is 3.39. The molecule has 0 saturated heterocycles. The second kappa shape index (κ2) is 7.92. The first-order chi connectivity index (χ1) is 15.8. The van der Waals surface area contributed by atoms with Crippen molar-refractivity contribution in [1.29, 1.82) is 0 Å². The van der Waals surface area contributed by atoms with Gasteiger partial charge in [0.25, 0.3) is 5.91 Å². The summed E-state index contributed by atoms with van der Waals surface area (Å²) in [5, 5.41) is 9.95. The Balaban J connectivity index is 1.29. The summed E-state index contributed by atoms with van der Waals surface area (Å²) in [5.41, 5.74) is 2.41. The fourth-order valence-corrected chi connectivity index (χ4v) is 5.58. The van der Waals surface area contributed by atoms with Gasteiger partial charge in [0.1, 0.15) is 34.5 Å². The average Bonchev–Trinajstić information content (AvgIpc) is 3.61. The monoisotopic (exact) mass is 460 g/mol. The molecular weight excluding hydrogens is 444 g/mol. The van der Waals surface area contributed by atoms with Gasteiger partial charge in [0.2, 0.25) is 0 Å². The molecule has 7 nitrogen and oxygen atoms in total. The van der Waals surface area contributed by atoms with Crippen molar-refractivity contribution in [3.8, 4) is 0 Å². The van der Waals surface area contributed by atoms with Crippen molar-refractivity contribution >= 4 is 55.9 Å². The fourth-order valence-electron chi connectivity index (χ4n) is 3.78.